The van der Waals surface area contributed by atoms with Crippen LogP contribution in [0.5, 0.6) is 5.75 Å². The van der Waals surface area contributed by atoms with Gasteiger partial charge in [-0.1, -0.05) is 77.8 Å². The molecule has 4 aromatic carbocycles. The van der Waals surface area contributed by atoms with Crippen LogP contribution in [0.25, 0.3) is 10.8 Å². The van der Waals surface area contributed by atoms with Crippen LogP contribution >= 0.6 is 11.6 Å². The molecule has 3 heteroatoms. The smallest absolute Gasteiger partial charge is 0.124 e. The van der Waals surface area contributed by atoms with E-state index in [1.165, 1.54) is 16.3 Å². The van der Waals surface area contributed by atoms with Crippen LogP contribution in [0.15, 0.2) is 84.9 Å². The van der Waals surface area contributed by atoms with E-state index in [2.05, 4.69) is 79.0 Å². The van der Waals surface area contributed by atoms with Crippen molar-refractivity contribution in [2.24, 2.45) is 0 Å². The first kappa shape index (κ1) is 18.4. The summed E-state index contributed by atoms with van der Waals surface area (Å²) in [4.78, 5) is 0. The fourth-order valence-corrected chi connectivity index (χ4v) is 3.55. The van der Waals surface area contributed by atoms with Crippen LogP contribution < -0.4 is 10.1 Å². The molecule has 1 N–H and O–H groups in total. The Balaban J connectivity index is 1.53. The number of ether oxygens (including phenoxy) is 1. The third-order valence-corrected chi connectivity index (χ3v) is 4.99. The molecule has 0 bridgehead atoms. The Labute approximate surface area is 170 Å². The molecule has 0 saturated heterocycles. The Morgan fingerprint density at radius 2 is 1.68 bits per heavy atom. The molecule has 0 unspecified atom stereocenters. The summed E-state index contributed by atoms with van der Waals surface area (Å²) in [6.07, 6.45) is 0. The molecule has 0 heterocycles. The second-order valence-corrected chi connectivity index (χ2v) is 7.35. The average Bonchev–Trinajstić information content (AvgIpc) is 2.71. The Hall–Kier alpha value is -2.97. The molecule has 0 aromatic heterocycles. The zero-order chi connectivity index (χ0) is 19.3. The maximum atomic E-state index is 6.25. The third-order valence-electron chi connectivity index (χ3n) is 4.76. The van der Waals surface area contributed by atoms with Crippen LogP contribution in [-0.4, -0.2) is 0 Å². The molecule has 0 atom stereocenters. The molecule has 28 heavy (non-hydrogen) atoms. The second kappa shape index (κ2) is 8.37. The van der Waals surface area contributed by atoms with Gasteiger partial charge in [-0.15, -0.1) is 0 Å². The molecule has 140 valence electrons. The summed E-state index contributed by atoms with van der Waals surface area (Å²) >= 11 is 6.25. The molecule has 0 radical (unpaired) electrons. The molecule has 4 rings (SSSR count). The SMILES string of the molecule is Cc1cccc(COc2ccc(Cl)cc2CNc2cccc3ccccc23)c1. The molecule has 0 aliphatic rings. The van der Waals surface area contributed by atoms with E-state index in [1.807, 2.05) is 18.2 Å². The molecule has 0 fully saturated rings. The maximum absolute atomic E-state index is 6.25. The number of nitrogens with one attached hydrogen (secondary N) is 1. The van der Waals surface area contributed by atoms with Crippen LogP contribution in [0.3, 0.4) is 0 Å². The minimum atomic E-state index is 0.532. The Kier molecular flexibility index (Phi) is 5.50. The molecule has 0 saturated carbocycles. The first-order valence-corrected chi connectivity index (χ1v) is 9.75. The zero-order valence-electron chi connectivity index (χ0n) is 15.8. The number of benzene rings is 4. The summed E-state index contributed by atoms with van der Waals surface area (Å²) in [5, 5.41) is 6.67. The summed E-state index contributed by atoms with van der Waals surface area (Å²) in [7, 11) is 0. The first-order chi connectivity index (χ1) is 13.7. The van der Waals surface area contributed by atoms with E-state index in [1.54, 1.807) is 0 Å². The molecule has 0 aliphatic heterocycles. The van der Waals surface area contributed by atoms with E-state index in [4.69, 9.17) is 16.3 Å². The lowest BCUT2D eigenvalue weighted by Crippen LogP contribution is -2.04. The number of fused-ring (bicyclic) bond motifs is 1. The lowest BCUT2D eigenvalue weighted by Gasteiger charge is -2.15. The standard InChI is InChI=1S/C25H22ClNO/c1-18-6-4-7-19(14-18)17-28-25-13-12-22(26)15-21(25)16-27-24-11-5-9-20-8-2-3-10-23(20)24/h2-15,27H,16-17H2,1H3. The van der Waals surface area contributed by atoms with Gasteiger partial charge >= 0.3 is 0 Å². The zero-order valence-corrected chi connectivity index (χ0v) is 16.5. The topological polar surface area (TPSA) is 21.3 Å². The Morgan fingerprint density at radius 1 is 0.857 bits per heavy atom. The van der Waals surface area contributed by atoms with Crippen LogP contribution in [0.2, 0.25) is 5.02 Å². The highest BCUT2D eigenvalue weighted by molar-refractivity contribution is 6.30. The van der Waals surface area contributed by atoms with Gasteiger partial charge in [0.1, 0.15) is 12.4 Å². The van der Waals surface area contributed by atoms with Gasteiger partial charge in [0.25, 0.3) is 0 Å². The van der Waals surface area contributed by atoms with Gasteiger partial charge in [-0.2, -0.15) is 0 Å². The van der Waals surface area contributed by atoms with Crippen molar-refractivity contribution in [1.82, 2.24) is 0 Å². The number of rotatable bonds is 6. The van der Waals surface area contributed by atoms with Gasteiger partial charge in [0.05, 0.1) is 0 Å². The highest BCUT2D eigenvalue weighted by Crippen LogP contribution is 2.27. The van der Waals surface area contributed by atoms with Gasteiger partial charge in [0.15, 0.2) is 0 Å². The summed E-state index contributed by atoms with van der Waals surface area (Å²) in [5.41, 5.74) is 4.52. The van der Waals surface area contributed by atoms with E-state index in [9.17, 15) is 0 Å². The van der Waals surface area contributed by atoms with E-state index in [0.717, 1.165) is 22.6 Å². The summed E-state index contributed by atoms with van der Waals surface area (Å²) in [6.45, 7) is 3.26. The van der Waals surface area contributed by atoms with Crippen molar-refractivity contribution in [3.8, 4) is 5.75 Å². The fourth-order valence-electron chi connectivity index (χ4n) is 3.36. The highest BCUT2D eigenvalue weighted by atomic mass is 35.5. The second-order valence-electron chi connectivity index (χ2n) is 6.91. The largest absolute Gasteiger partial charge is 0.489 e. The molecule has 4 aromatic rings. The summed E-state index contributed by atoms with van der Waals surface area (Å²) in [5.74, 6) is 0.846. The van der Waals surface area contributed by atoms with Gasteiger partial charge < -0.3 is 10.1 Å². The number of aryl methyl sites for hydroxylation is 1. The maximum Gasteiger partial charge on any atom is 0.124 e. The molecule has 0 aliphatic carbocycles. The van der Waals surface area contributed by atoms with Crippen LogP contribution in [0.1, 0.15) is 16.7 Å². The minimum absolute atomic E-state index is 0.532. The summed E-state index contributed by atoms with van der Waals surface area (Å²) in [6, 6.07) is 28.8. The number of halogens is 1. The number of anilines is 1. The first-order valence-electron chi connectivity index (χ1n) is 9.37. The van der Waals surface area contributed by atoms with Crippen molar-refractivity contribution in [3.05, 3.63) is 107 Å². The van der Waals surface area contributed by atoms with Gasteiger partial charge in [-0.05, 0) is 42.1 Å². The molecule has 0 amide bonds. The normalized spacial score (nSPS) is 10.8. The molecular weight excluding hydrogens is 366 g/mol. The van der Waals surface area contributed by atoms with Gasteiger partial charge in [-0.3, -0.25) is 0 Å². The lowest BCUT2D eigenvalue weighted by atomic mass is 10.1. The molecule has 0 spiro atoms. The lowest BCUT2D eigenvalue weighted by molar-refractivity contribution is 0.303. The van der Waals surface area contributed by atoms with Crippen LogP contribution in [0, 0.1) is 6.92 Å². The molecule has 2 nitrogen and oxygen atoms in total. The fraction of sp³-hybridized carbons (Fsp3) is 0.120. The van der Waals surface area contributed by atoms with E-state index in [0.29, 0.717) is 18.2 Å². The van der Waals surface area contributed by atoms with Crippen molar-refractivity contribution in [2.75, 3.05) is 5.32 Å². The Morgan fingerprint density at radius 3 is 2.57 bits per heavy atom. The monoisotopic (exact) mass is 387 g/mol. The van der Waals surface area contributed by atoms with E-state index < -0.39 is 0 Å². The van der Waals surface area contributed by atoms with Crippen molar-refractivity contribution < 1.29 is 4.74 Å². The average molecular weight is 388 g/mol. The van der Waals surface area contributed by atoms with E-state index in [-0.39, 0.29) is 0 Å². The Bertz CT molecular complexity index is 1100. The highest BCUT2D eigenvalue weighted by Gasteiger charge is 2.07. The van der Waals surface area contributed by atoms with Crippen LogP contribution in [0.4, 0.5) is 5.69 Å². The van der Waals surface area contributed by atoms with E-state index >= 15 is 0 Å². The molecular formula is C25H22ClNO. The van der Waals surface area contributed by atoms with Crippen molar-refractivity contribution >= 4 is 28.1 Å². The van der Waals surface area contributed by atoms with Crippen molar-refractivity contribution in [1.29, 1.82) is 0 Å². The van der Waals surface area contributed by atoms with Gasteiger partial charge in [0, 0.05) is 28.2 Å². The van der Waals surface area contributed by atoms with Gasteiger partial charge in [0.2, 0.25) is 0 Å². The van der Waals surface area contributed by atoms with Crippen LogP contribution in [-0.2, 0) is 13.2 Å². The van der Waals surface area contributed by atoms with Gasteiger partial charge in [-0.25, -0.2) is 0 Å². The summed E-state index contributed by atoms with van der Waals surface area (Å²) < 4.78 is 6.11. The minimum Gasteiger partial charge on any atom is -0.489 e. The quantitative estimate of drug-likeness (QED) is 0.384. The predicted molar refractivity (Wildman–Crippen MR) is 118 cm³/mol. The van der Waals surface area contributed by atoms with Crippen molar-refractivity contribution in [3.63, 3.8) is 0 Å². The third kappa shape index (κ3) is 4.29. The number of hydrogen-bond acceptors (Lipinski definition) is 2. The predicted octanol–water partition coefficient (Wildman–Crippen LogP) is 6.99. The number of hydrogen-bond donors (Lipinski definition) is 1. The van der Waals surface area contributed by atoms with Crippen molar-refractivity contribution in [2.45, 2.75) is 20.1 Å².